The monoisotopic (exact) mass is 390 g/mol. The summed E-state index contributed by atoms with van der Waals surface area (Å²) in [7, 11) is 0. The zero-order valence-electron chi connectivity index (χ0n) is 19.2. The third kappa shape index (κ3) is 5.99. The van der Waals surface area contributed by atoms with Crippen LogP contribution >= 0.6 is 0 Å². The van der Waals surface area contributed by atoms with Gasteiger partial charge in [-0.1, -0.05) is 90.4 Å². The lowest BCUT2D eigenvalue weighted by Crippen LogP contribution is -2.46. The summed E-state index contributed by atoms with van der Waals surface area (Å²) in [4.78, 5) is 0. The topological polar surface area (TPSA) is 9.23 Å². The van der Waals surface area contributed by atoms with E-state index in [0.29, 0.717) is 5.41 Å². The molecule has 0 aliphatic heterocycles. The van der Waals surface area contributed by atoms with Crippen LogP contribution in [0.15, 0.2) is 0 Å². The van der Waals surface area contributed by atoms with Gasteiger partial charge in [-0.2, -0.15) is 0 Å². The molecule has 0 aromatic heterocycles. The molecule has 1 heteroatoms. The van der Waals surface area contributed by atoms with Crippen molar-refractivity contribution < 1.29 is 4.74 Å². The van der Waals surface area contributed by atoms with Gasteiger partial charge >= 0.3 is 0 Å². The first-order valence-electron chi connectivity index (χ1n) is 13.5. The van der Waals surface area contributed by atoms with E-state index in [1.54, 1.807) is 0 Å². The summed E-state index contributed by atoms with van der Waals surface area (Å²) in [5.74, 6) is 2.95. The predicted octanol–water partition coefficient (Wildman–Crippen LogP) is 8.70. The highest BCUT2D eigenvalue weighted by molar-refractivity contribution is 5.01. The maximum absolute atomic E-state index is 6.58. The zero-order chi connectivity index (χ0) is 19.5. The molecule has 0 N–H and O–H groups in total. The first kappa shape index (κ1) is 22.6. The van der Waals surface area contributed by atoms with Crippen molar-refractivity contribution in [2.45, 2.75) is 135 Å². The lowest BCUT2D eigenvalue weighted by molar-refractivity contribution is -0.0750. The van der Waals surface area contributed by atoms with Gasteiger partial charge in [0.1, 0.15) is 0 Å². The van der Waals surface area contributed by atoms with E-state index in [4.69, 9.17) is 4.74 Å². The number of hydrogen-bond donors (Lipinski definition) is 0. The molecule has 3 rings (SSSR count). The van der Waals surface area contributed by atoms with Crippen molar-refractivity contribution in [3.05, 3.63) is 0 Å². The third-order valence-electron chi connectivity index (χ3n) is 8.84. The van der Waals surface area contributed by atoms with E-state index in [1.807, 2.05) is 0 Å². The first-order chi connectivity index (χ1) is 13.9. The Morgan fingerprint density at radius 2 is 0.964 bits per heavy atom. The molecule has 3 aliphatic carbocycles. The van der Waals surface area contributed by atoms with Crippen molar-refractivity contribution in [3.8, 4) is 0 Å². The Kier molecular flexibility index (Phi) is 10.2. The molecule has 3 fully saturated rings. The van der Waals surface area contributed by atoms with Gasteiger partial charge in [-0.25, -0.2) is 0 Å². The molecule has 0 radical (unpaired) electrons. The molecular formula is C27H50O. The smallest absolute Gasteiger partial charge is 0.0530 e. The SMILES string of the molecule is CCCCCCCCCCOCC(C1CCCC1)(C1CCCC1)C1CCCC1. The summed E-state index contributed by atoms with van der Waals surface area (Å²) in [6.07, 6.45) is 29.2. The minimum Gasteiger partial charge on any atom is -0.381 e. The van der Waals surface area contributed by atoms with Crippen LogP contribution in [0.2, 0.25) is 0 Å². The first-order valence-corrected chi connectivity index (χ1v) is 13.5. The molecule has 1 nitrogen and oxygen atoms in total. The quantitative estimate of drug-likeness (QED) is 0.269. The standard InChI is InChI=1S/C27H50O/c1-2-3-4-5-6-7-8-15-22-28-23-27(24-16-9-10-17-24,25-18-11-12-19-25)26-20-13-14-21-26/h24-26H,2-23H2,1H3. The van der Waals surface area contributed by atoms with E-state index >= 15 is 0 Å². The van der Waals surface area contributed by atoms with Crippen LogP contribution in [0.1, 0.15) is 135 Å². The molecule has 0 unspecified atom stereocenters. The fraction of sp³-hybridized carbons (Fsp3) is 1.00. The average molecular weight is 391 g/mol. The van der Waals surface area contributed by atoms with Crippen molar-refractivity contribution in [3.63, 3.8) is 0 Å². The fourth-order valence-corrected chi connectivity index (χ4v) is 7.33. The Morgan fingerprint density at radius 1 is 0.571 bits per heavy atom. The van der Waals surface area contributed by atoms with Crippen molar-refractivity contribution in [2.75, 3.05) is 13.2 Å². The van der Waals surface area contributed by atoms with Crippen LogP contribution in [0.25, 0.3) is 0 Å². The van der Waals surface area contributed by atoms with Gasteiger partial charge in [0.25, 0.3) is 0 Å². The molecule has 0 spiro atoms. The highest BCUT2D eigenvalue weighted by atomic mass is 16.5. The molecule has 0 amide bonds. The van der Waals surface area contributed by atoms with Gasteiger partial charge in [0.05, 0.1) is 6.61 Å². The van der Waals surface area contributed by atoms with Crippen LogP contribution in [-0.4, -0.2) is 13.2 Å². The Balaban J connectivity index is 1.47. The Bertz CT molecular complexity index is 344. The van der Waals surface area contributed by atoms with E-state index in [9.17, 15) is 0 Å². The van der Waals surface area contributed by atoms with E-state index in [0.717, 1.165) is 31.0 Å². The summed E-state index contributed by atoms with van der Waals surface area (Å²) in [6.45, 7) is 4.45. The van der Waals surface area contributed by atoms with Crippen LogP contribution in [0.5, 0.6) is 0 Å². The maximum Gasteiger partial charge on any atom is 0.0530 e. The van der Waals surface area contributed by atoms with Gasteiger partial charge in [0, 0.05) is 12.0 Å². The molecule has 0 aromatic rings. The van der Waals surface area contributed by atoms with E-state index < -0.39 is 0 Å². The molecule has 164 valence electrons. The van der Waals surface area contributed by atoms with Crippen LogP contribution in [0.3, 0.4) is 0 Å². The second kappa shape index (κ2) is 12.6. The van der Waals surface area contributed by atoms with Crippen molar-refractivity contribution in [2.24, 2.45) is 23.2 Å². The van der Waals surface area contributed by atoms with Crippen molar-refractivity contribution >= 4 is 0 Å². The van der Waals surface area contributed by atoms with Gasteiger partial charge in [-0.3, -0.25) is 0 Å². The van der Waals surface area contributed by atoms with E-state index in [1.165, 1.54) is 128 Å². The summed E-state index contributed by atoms with van der Waals surface area (Å²) >= 11 is 0. The number of rotatable bonds is 14. The molecule has 0 aromatic carbocycles. The zero-order valence-corrected chi connectivity index (χ0v) is 19.2. The van der Waals surface area contributed by atoms with Crippen LogP contribution in [0.4, 0.5) is 0 Å². The maximum atomic E-state index is 6.58. The third-order valence-corrected chi connectivity index (χ3v) is 8.84. The summed E-state index contributed by atoms with van der Waals surface area (Å²) in [5.41, 5.74) is 0.559. The number of unbranched alkanes of at least 4 members (excludes halogenated alkanes) is 7. The molecule has 0 atom stereocenters. The van der Waals surface area contributed by atoms with Gasteiger partial charge < -0.3 is 4.74 Å². The second-order valence-electron chi connectivity index (χ2n) is 10.6. The molecular weight excluding hydrogens is 340 g/mol. The van der Waals surface area contributed by atoms with Crippen LogP contribution in [0, 0.1) is 23.2 Å². The molecule has 3 aliphatic rings. The van der Waals surface area contributed by atoms with Crippen LogP contribution < -0.4 is 0 Å². The fourth-order valence-electron chi connectivity index (χ4n) is 7.33. The molecule has 28 heavy (non-hydrogen) atoms. The van der Waals surface area contributed by atoms with Gasteiger partial charge in [-0.05, 0) is 62.7 Å². The lowest BCUT2D eigenvalue weighted by atomic mass is 9.58. The second-order valence-corrected chi connectivity index (χ2v) is 10.6. The predicted molar refractivity (Wildman–Crippen MR) is 122 cm³/mol. The molecule has 0 saturated heterocycles. The summed E-state index contributed by atoms with van der Waals surface area (Å²) in [6, 6.07) is 0. The highest BCUT2D eigenvalue weighted by Crippen LogP contribution is 2.58. The number of ether oxygens (including phenoxy) is 1. The van der Waals surface area contributed by atoms with Crippen LogP contribution in [-0.2, 0) is 4.74 Å². The Hall–Kier alpha value is -0.0400. The lowest BCUT2D eigenvalue weighted by Gasteiger charge is -2.49. The Morgan fingerprint density at radius 3 is 1.39 bits per heavy atom. The van der Waals surface area contributed by atoms with Crippen molar-refractivity contribution in [1.82, 2.24) is 0 Å². The van der Waals surface area contributed by atoms with Gasteiger partial charge in [-0.15, -0.1) is 0 Å². The van der Waals surface area contributed by atoms with E-state index in [2.05, 4.69) is 6.92 Å². The summed E-state index contributed by atoms with van der Waals surface area (Å²) in [5, 5.41) is 0. The molecule has 3 saturated carbocycles. The molecule has 0 heterocycles. The average Bonchev–Trinajstić information content (AvgIpc) is 3.50. The van der Waals surface area contributed by atoms with Gasteiger partial charge in [0.2, 0.25) is 0 Å². The van der Waals surface area contributed by atoms with Crippen molar-refractivity contribution in [1.29, 1.82) is 0 Å². The van der Waals surface area contributed by atoms with E-state index in [-0.39, 0.29) is 0 Å². The Labute approximate surface area is 176 Å². The number of hydrogen-bond acceptors (Lipinski definition) is 1. The minimum absolute atomic E-state index is 0.559. The highest BCUT2D eigenvalue weighted by Gasteiger charge is 2.52. The summed E-state index contributed by atoms with van der Waals surface area (Å²) < 4.78 is 6.58. The van der Waals surface area contributed by atoms with Gasteiger partial charge in [0.15, 0.2) is 0 Å². The molecule has 0 bridgehead atoms. The minimum atomic E-state index is 0.559. The largest absolute Gasteiger partial charge is 0.381 e. The normalized spacial score (nSPS) is 22.6.